The number of rotatable bonds is 6. The molecule has 0 unspecified atom stereocenters. The summed E-state index contributed by atoms with van der Waals surface area (Å²) in [4.78, 5) is 24.2. The fourth-order valence-electron chi connectivity index (χ4n) is 2.35. The van der Waals surface area contributed by atoms with Gasteiger partial charge in [-0.25, -0.2) is 4.79 Å². The maximum Gasteiger partial charge on any atom is 0.343 e. The molecule has 0 aliphatic carbocycles. The van der Waals surface area contributed by atoms with E-state index >= 15 is 0 Å². The van der Waals surface area contributed by atoms with Crippen molar-refractivity contribution in [3.63, 3.8) is 0 Å². The van der Waals surface area contributed by atoms with Gasteiger partial charge in [-0.3, -0.25) is 10.1 Å². The van der Waals surface area contributed by atoms with Crippen LogP contribution in [0.25, 0.3) is 11.3 Å². The fourth-order valence-corrected chi connectivity index (χ4v) is 3.09. The number of benzene rings is 1. The number of amides is 1. The minimum atomic E-state index is -0.612. The van der Waals surface area contributed by atoms with E-state index in [9.17, 15) is 9.59 Å². The van der Waals surface area contributed by atoms with Gasteiger partial charge in [-0.05, 0) is 25.4 Å². The Bertz CT molecular complexity index is 962. The number of carbonyl (C=O) groups is 2. The second-order valence-corrected chi connectivity index (χ2v) is 6.56. The minimum absolute atomic E-state index is 0.177. The molecule has 3 rings (SSSR count). The Kier molecular flexibility index (Phi) is 5.51. The lowest BCUT2D eigenvalue weighted by Gasteiger charge is -2.05. The Balaban J connectivity index is 1.57. The summed E-state index contributed by atoms with van der Waals surface area (Å²) < 4.78 is 14.3. The van der Waals surface area contributed by atoms with Crippen molar-refractivity contribution in [1.29, 1.82) is 0 Å². The Morgan fingerprint density at radius 3 is 2.67 bits per heavy atom. The third kappa shape index (κ3) is 4.32. The van der Waals surface area contributed by atoms with E-state index in [1.807, 2.05) is 31.2 Å². The van der Waals surface area contributed by atoms with Crippen LogP contribution in [-0.4, -0.2) is 35.1 Å². The predicted molar refractivity (Wildman–Crippen MR) is 102 cm³/mol. The van der Waals surface area contributed by atoms with E-state index in [2.05, 4.69) is 20.2 Å². The summed E-state index contributed by atoms with van der Waals surface area (Å²) in [5, 5.41) is 9.91. The molecule has 0 saturated carbocycles. The first-order valence-corrected chi connectivity index (χ1v) is 8.90. The molecule has 0 atom stereocenters. The van der Waals surface area contributed by atoms with Gasteiger partial charge in [0.1, 0.15) is 16.3 Å². The van der Waals surface area contributed by atoms with E-state index in [0.29, 0.717) is 22.0 Å². The molecule has 0 aliphatic rings. The lowest BCUT2D eigenvalue weighted by molar-refractivity contribution is -0.119. The second-order valence-electron chi connectivity index (χ2n) is 5.79. The number of nitrogens with zero attached hydrogens (tertiary/aromatic N) is 2. The van der Waals surface area contributed by atoms with E-state index in [4.69, 9.17) is 9.26 Å². The molecular weight excluding hydrogens is 368 g/mol. The van der Waals surface area contributed by atoms with Gasteiger partial charge in [-0.2, -0.15) is 4.37 Å². The normalized spacial score (nSPS) is 10.5. The largest absolute Gasteiger partial charge is 0.452 e. The number of ether oxygens (including phenoxy) is 1. The van der Waals surface area contributed by atoms with E-state index < -0.39 is 18.5 Å². The quantitative estimate of drug-likeness (QED) is 0.626. The molecule has 2 N–H and O–H groups in total. The Hall–Kier alpha value is -3.20. The third-order valence-electron chi connectivity index (χ3n) is 3.75. The van der Waals surface area contributed by atoms with Crippen LogP contribution in [-0.2, 0) is 9.53 Å². The summed E-state index contributed by atoms with van der Waals surface area (Å²) in [7, 11) is 1.69. The number of hydrogen-bond acceptors (Lipinski definition) is 8. The third-order valence-corrected chi connectivity index (χ3v) is 4.70. The number of nitrogens with one attached hydrogen (secondary N) is 2. The molecular formula is C18H18N4O4S. The van der Waals surface area contributed by atoms with Crippen LogP contribution in [0.5, 0.6) is 0 Å². The fraction of sp³-hybridized carbons (Fsp3) is 0.222. The summed E-state index contributed by atoms with van der Waals surface area (Å²) in [6.07, 6.45) is 0. The molecule has 0 radical (unpaired) electrons. The average Bonchev–Trinajstić information content (AvgIpc) is 3.26. The summed E-state index contributed by atoms with van der Waals surface area (Å²) >= 11 is 1.16. The van der Waals surface area contributed by atoms with Crippen molar-refractivity contribution in [1.82, 2.24) is 9.53 Å². The number of hydrogen-bond donors (Lipinski definition) is 2. The first-order chi connectivity index (χ1) is 13.0. The lowest BCUT2D eigenvalue weighted by Crippen LogP contribution is -2.21. The molecule has 2 heterocycles. The van der Waals surface area contributed by atoms with Crippen LogP contribution in [0.1, 0.15) is 21.6 Å². The molecule has 8 nitrogen and oxygen atoms in total. The van der Waals surface area contributed by atoms with Crippen LogP contribution >= 0.6 is 11.5 Å². The van der Waals surface area contributed by atoms with E-state index in [-0.39, 0.29) is 5.88 Å². The molecule has 1 amide bonds. The molecule has 3 aromatic rings. The standard InChI is InChI=1S/C18H18N4O4S/c1-10-4-6-12(7-5-10)13-8-15(26-21-13)20-14(23)9-25-18(24)16-11(2)22-27-17(16)19-3/h4-8,19H,9H2,1-3H3,(H,20,23). The highest BCUT2D eigenvalue weighted by Gasteiger charge is 2.20. The molecule has 9 heteroatoms. The molecule has 0 saturated heterocycles. The topological polar surface area (TPSA) is 106 Å². The van der Waals surface area contributed by atoms with Gasteiger partial charge >= 0.3 is 5.97 Å². The summed E-state index contributed by atoms with van der Waals surface area (Å²) in [6.45, 7) is 3.25. The van der Waals surface area contributed by atoms with Gasteiger partial charge in [0.25, 0.3) is 5.91 Å². The number of carbonyl (C=O) groups excluding carboxylic acids is 2. The maximum absolute atomic E-state index is 12.2. The molecule has 0 bridgehead atoms. The lowest BCUT2D eigenvalue weighted by atomic mass is 10.1. The van der Waals surface area contributed by atoms with Crippen molar-refractivity contribution in [3.05, 3.63) is 47.2 Å². The molecule has 27 heavy (non-hydrogen) atoms. The minimum Gasteiger partial charge on any atom is -0.452 e. The van der Waals surface area contributed by atoms with Crippen molar-refractivity contribution >= 4 is 34.3 Å². The highest BCUT2D eigenvalue weighted by Crippen LogP contribution is 2.25. The van der Waals surface area contributed by atoms with Crippen molar-refractivity contribution in [2.45, 2.75) is 13.8 Å². The Morgan fingerprint density at radius 1 is 1.22 bits per heavy atom. The zero-order valence-corrected chi connectivity index (χ0v) is 15.8. The van der Waals surface area contributed by atoms with Crippen molar-refractivity contribution in [2.75, 3.05) is 24.3 Å². The number of anilines is 2. The first kappa shape index (κ1) is 18.6. The summed E-state index contributed by atoms with van der Waals surface area (Å²) in [6, 6.07) is 9.36. The number of aryl methyl sites for hydroxylation is 2. The molecule has 1 aromatic carbocycles. The SMILES string of the molecule is CNc1snc(C)c1C(=O)OCC(=O)Nc1cc(-c2ccc(C)cc2)no1. The monoisotopic (exact) mass is 386 g/mol. The first-order valence-electron chi connectivity index (χ1n) is 8.12. The van der Waals surface area contributed by atoms with E-state index in [1.165, 1.54) is 0 Å². The van der Waals surface area contributed by atoms with Crippen molar-refractivity contribution in [3.8, 4) is 11.3 Å². The van der Waals surface area contributed by atoms with Crippen LogP contribution < -0.4 is 10.6 Å². The summed E-state index contributed by atoms with van der Waals surface area (Å²) in [5.41, 5.74) is 3.48. The van der Waals surface area contributed by atoms with Crippen molar-refractivity contribution in [2.24, 2.45) is 0 Å². The molecule has 0 fully saturated rings. The maximum atomic E-state index is 12.2. The van der Waals surface area contributed by atoms with Gasteiger partial charge in [0, 0.05) is 18.7 Å². The van der Waals surface area contributed by atoms with E-state index in [1.54, 1.807) is 20.0 Å². The van der Waals surface area contributed by atoms with Crippen LogP contribution in [0.3, 0.4) is 0 Å². The van der Waals surface area contributed by atoms with Crippen LogP contribution in [0, 0.1) is 13.8 Å². The van der Waals surface area contributed by atoms with Gasteiger partial charge in [-0.1, -0.05) is 35.0 Å². The van der Waals surface area contributed by atoms with Crippen LogP contribution in [0.15, 0.2) is 34.9 Å². The summed E-state index contributed by atoms with van der Waals surface area (Å²) in [5.74, 6) is -0.962. The Morgan fingerprint density at radius 2 is 1.96 bits per heavy atom. The highest BCUT2D eigenvalue weighted by atomic mass is 32.1. The van der Waals surface area contributed by atoms with Gasteiger partial charge < -0.3 is 14.6 Å². The van der Waals surface area contributed by atoms with Gasteiger partial charge in [0.15, 0.2) is 6.61 Å². The second kappa shape index (κ2) is 8.00. The van der Waals surface area contributed by atoms with Crippen LogP contribution in [0.4, 0.5) is 10.9 Å². The average molecular weight is 386 g/mol. The van der Waals surface area contributed by atoms with Gasteiger partial charge in [-0.15, -0.1) is 0 Å². The zero-order valence-electron chi connectivity index (χ0n) is 15.0. The number of esters is 1. The van der Waals surface area contributed by atoms with E-state index in [0.717, 1.165) is 22.7 Å². The Labute approximate surface area is 159 Å². The molecule has 140 valence electrons. The number of aromatic nitrogens is 2. The molecule has 0 aliphatic heterocycles. The molecule has 2 aromatic heterocycles. The predicted octanol–water partition coefficient (Wildman–Crippen LogP) is 3.25. The van der Waals surface area contributed by atoms with Gasteiger partial charge in [0.05, 0.1) is 5.69 Å². The van der Waals surface area contributed by atoms with Crippen molar-refractivity contribution < 1.29 is 18.8 Å². The highest BCUT2D eigenvalue weighted by molar-refractivity contribution is 7.10. The van der Waals surface area contributed by atoms with Gasteiger partial charge in [0.2, 0.25) is 5.88 Å². The van der Waals surface area contributed by atoms with Crippen LogP contribution in [0.2, 0.25) is 0 Å². The molecule has 0 spiro atoms. The smallest absolute Gasteiger partial charge is 0.343 e. The zero-order chi connectivity index (χ0) is 19.4.